The second kappa shape index (κ2) is 3.49. The molecule has 5 heteroatoms. The molecule has 0 spiro atoms. The van der Waals surface area contributed by atoms with Gasteiger partial charge in [-0.2, -0.15) is 0 Å². The van der Waals surface area contributed by atoms with Crippen LogP contribution in [0.1, 0.15) is 35.7 Å². The van der Waals surface area contributed by atoms with Crippen molar-refractivity contribution in [2.45, 2.75) is 19.8 Å². The van der Waals surface area contributed by atoms with Crippen molar-refractivity contribution < 1.29 is 14.7 Å². The SMILES string of the molecule is CC(C)c1cc2c(c(Cl)c1O)C(=O)C(=O)N2. The molecule has 0 atom stereocenters. The van der Waals surface area contributed by atoms with Crippen LogP contribution in [0, 0.1) is 0 Å². The fraction of sp³-hybridized carbons (Fsp3) is 0.273. The number of hydrogen-bond acceptors (Lipinski definition) is 3. The molecule has 0 bridgehead atoms. The Kier molecular flexibility index (Phi) is 2.39. The van der Waals surface area contributed by atoms with Gasteiger partial charge >= 0.3 is 0 Å². The number of aromatic hydroxyl groups is 1. The number of hydrogen-bond donors (Lipinski definition) is 2. The first kappa shape index (κ1) is 11.0. The van der Waals surface area contributed by atoms with E-state index in [1.807, 2.05) is 13.8 Å². The van der Waals surface area contributed by atoms with E-state index in [-0.39, 0.29) is 22.3 Å². The van der Waals surface area contributed by atoms with Crippen LogP contribution in [0.3, 0.4) is 0 Å². The summed E-state index contributed by atoms with van der Waals surface area (Å²) >= 11 is 5.88. The third-order valence-corrected chi connectivity index (χ3v) is 2.94. The molecule has 84 valence electrons. The number of ketones is 1. The molecule has 1 aromatic rings. The van der Waals surface area contributed by atoms with Crippen molar-refractivity contribution in [2.24, 2.45) is 0 Å². The van der Waals surface area contributed by atoms with Crippen molar-refractivity contribution in [3.8, 4) is 5.75 Å². The number of carbonyl (C=O) groups is 2. The van der Waals surface area contributed by atoms with Gasteiger partial charge in [0.05, 0.1) is 16.3 Å². The van der Waals surface area contributed by atoms with Crippen LogP contribution in [0.25, 0.3) is 0 Å². The number of phenols is 1. The molecule has 0 saturated heterocycles. The number of carbonyl (C=O) groups excluding carboxylic acids is 2. The molecule has 0 radical (unpaired) electrons. The molecule has 0 aliphatic carbocycles. The lowest BCUT2D eigenvalue weighted by molar-refractivity contribution is -0.112. The van der Waals surface area contributed by atoms with E-state index in [0.29, 0.717) is 11.3 Å². The van der Waals surface area contributed by atoms with Crippen molar-refractivity contribution in [1.82, 2.24) is 0 Å². The highest BCUT2D eigenvalue weighted by molar-refractivity contribution is 6.55. The molecule has 1 amide bonds. The van der Waals surface area contributed by atoms with E-state index < -0.39 is 11.7 Å². The van der Waals surface area contributed by atoms with Crippen molar-refractivity contribution in [1.29, 1.82) is 0 Å². The monoisotopic (exact) mass is 239 g/mol. The van der Waals surface area contributed by atoms with Gasteiger partial charge in [0.15, 0.2) is 0 Å². The first-order valence-electron chi connectivity index (χ1n) is 4.84. The normalized spacial score (nSPS) is 14.2. The van der Waals surface area contributed by atoms with Gasteiger partial charge in [-0.3, -0.25) is 9.59 Å². The van der Waals surface area contributed by atoms with Gasteiger partial charge in [0, 0.05) is 5.56 Å². The smallest absolute Gasteiger partial charge is 0.296 e. The Morgan fingerprint density at radius 3 is 2.56 bits per heavy atom. The number of halogens is 1. The topological polar surface area (TPSA) is 66.4 Å². The lowest BCUT2D eigenvalue weighted by atomic mass is 9.98. The maximum atomic E-state index is 11.4. The third kappa shape index (κ3) is 1.38. The number of rotatable bonds is 1. The molecule has 2 rings (SSSR count). The molecule has 0 saturated carbocycles. The van der Waals surface area contributed by atoms with Crippen LogP contribution >= 0.6 is 11.6 Å². The van der Waals surface area contributed by atoms with E-state index in [9.17, 15) is 14.7 Å². The highest BCUT2D eigenvalue weighted by Gasteiger charge is 2.33. The highest BCUT2D eigenvalue weighted by atomic mass is 35.5. The van der Waals surface area contributed by atoms with Gasteiger partial charge in [-0.15, -0.1) is 0 Å². The summed E-state index contributed by atoms with van der Waals surface area (Å²) in [6, 6.07) is 1.59. The van der Waals surface area contributed by atoms with Crippen molar-refractivity contribution in [3.05, 3.63) is 22.2 Å². The molecular weight excluding hydrogens is 230 g/mol. The maximum Gasteiger partial charge on any atom is 0.296 e. The van der Waals surface area contributed by atoms with Gasteiger partial charge in [-0.25, -0.2) is 0 Å². The molecule has 2 N–H and O–H groups in total. The van der Waals surface area contributed by atoms with E-state index in [4.69, 9.17) is 11.6 Å². The second-order valence-corrected chi connectivity index (χ2v) is 4.37. The molecule has 1 heterocycles. The van der Waals surface area contributed by atoms with Crippen molar-refractivity contribution >= 4 is 29.0 Å². The number of phenolic OH excluding ortho intramolecular Hbond substituents is 1. The minimum atomic E-state index is -0.711. The largest absolute Gasteiger partial charge is 0.506 e. The summed E-state index contributed by atoms with van der Waals surface area (Å²) in [5.74, 6) is -1.49. The van der Waals surface area contributed by atoms with Gasteiger partial charge in [-0.1, -0.05) is 25.4 Å². The summed E-state index contributed by atoms with van der Waals surface area (Å²) in [6.07, 6.45) is 0. The molecular formula is C11H10ClNO3. The van der Waals surface area contributed by atoms with Crippen LogP contribution < -0.4 is 5.32 Å². The van der Waals surface area contributed by atoms with Gasteiger partial charge in [-0.05, 0) is 12.0 Å². The average molecular weight is 240 g/mol. The Morgan fingerprint density at radius 2 is 2.00 bits per heavy atom. The number of anilines is 1. The second-order valence-electron chi connectivity index (χ2n) is 3.99. The minimum Gasteiger partial charge on any atom is -0.506 e. The number of Topliss-reactive ketones (excluding diaryl/α,β-unsaturated/α-hetero) is 1. The molecule has 4 nitrogen and oxygen atoms in total. The van der Waals surface area contributed by atoms with Crippen LogP contribution in [0.4, 0.5) is 5.69 Å². The van der Waals surface area contributed by atoms with E-state index in [1.54, 1.807) is 6.07 Å². The molecule has 0 aromatic heterocycles. The van der Waals surface area contributed by atoms with Crippen LogP contribution in [-0.4, -0.2) is 16.8 Å². The molecule has 1 aliphatic heterocycles. The van der Waals surface area contributed by atoms with E-state index in [1.165, 1.54) is 0 Å². The summed E-state index contributed by atoms with van der Waals surface area (Å²) in [6.45, 7) is 3.77. The van der Waals surface area contributed by atoms with E-state index >= 15 is 0 Å². The van der Waals surface area contributed by atoms with Crippen LogP contribution in [0.2, 0.25) is 5.02 Å². The standard InChI is InChI=1S/C11H10ClNO3/c1-4(2)5-3-6-7(8(12)9(5)14)10(15)11(16)13-6/h3-4,14H,1-2H3,(H,13,15,16). The van der Waals surface area contributed by atoms with Crippen LogP contribution in [0.15, 0.2) is 6.07 Å². The maximum absolute atomic E-state index is 11.4. The lowest BCUT2D eigenvalue weighted by Crippen LogP contribution is -2.12. The van der Waals surface area contributed by atoms with Crippen LogP contribution in [0.5, 0.6) is 5.75 Å². The zero-order chi connectivity index (χ0) is 12.0. The number of nitrogens with one attached hydrogen (secondary N) is 1. The van der Waals surface area contributed by atoms with Gasteiger partial charge < -0.3 is 10.4 Å². The summed E-state index contributed by atoms with van der Waals surface area (Å²) in [5.41, 5.74) is 1.05. The fourth-order valence-corrected chi connectivity index (χ4v) is 2.01. The number of benzene rings is 1. The quantitative estimate of drug-likeness (QED) is 0.584. The predicted molar refractivity (Wildman–Crippen MR) is 60.2 cm³/mol. The molecule has 16 heavy (non-hydrogen) atoms. The van der Waals surface area contributed by atoms with Gasteiger partial charge in [0.1, 0.15) is 5.75 Å². The number of fused-ring (bicyclic) bond motifs is 1. The van der Waals surface area contributed by atoms with E-state index in [2.05, 4.69) is 5.32 Å². The highest BCUT2D eigenvalue weighted by Crippen LogP contribution is 2.41. The van der Waals surface area contributed by atoms with Crippen LogP contribution in [-0.2, 0) is 4.79 Å². The molecule has 0 fully saturated rings. The summed E-state index contributed by atoms with van der Waals surface area (Å²) in [7, 11) is 0. The third-order valence-electron chi connectivity index (χ3n) is 2.57. The predicted octanol–water partition coefficient (Wildman–Crippen LogP) is 2.30. The fourth-order valence-electron chi connectivity index (χ4n) is 1.71. The van der Waals surface area contributed by atoms with Crippen molar-refractivity contribution in [3.63, 3.8) is 0 Å². The first-order valence-corrected chi connectivity index (χ1v) is 5.22. The Balaban J connectivity index is 2.71. The van der Waals surface area contributed by atoms with Crippen molar-refractivity contribution in [2.75, 3.05) is 5.32 Å². The minimum absolute atomic E-state index is 0.0513. The molecule has 1 aromatic carbocycles. The summed E-state index contributed by atoms with van der Waals surface area (Å²) in [5, 5.41) is 12.2. The summed E-state index contributed by atoms with van der Waals surface area (Å²) in [4.78, 5) is 22.6. The lowest BCUT2D eigenvalue weighted by Gasteiger charge is -2.12. The zero-order valence-electron chi connectivity index (χ0n) is 8.80. The Morgan fingerprint density at radius 1 is 1.38 bits per heavy atom. The Hall–Kier alpha value is -1.55. The average Bonchev–Trinajstić information content (AvgIpc) is 2.48. The number of amides is 1. The Bertz CT molecular complexity index is 508. The zero-order valence-corrected chi connectivity index (χ0v) is 9.55. The first-order chi connectivity index (χ1) is 7.43. The Labute approximate surface area is 97.2 Å². The van der Waals surface area contributed by atoms with E-state index in [0.717, 1.165) is 0 Å². The van der Waals surface area contributed by atoms with Gasteiger partial charge in [0.25, 0.3) is 11.7 Å². The summed E-state index contributed by atoms with van der Waals surface area (Å²) < 4.78 is 0. The molecule has 1 aliphatic rings. The molecule has 0 unspecified atom stereocenters. The van der Waals surface area contributed by atoms with Gasteiger partial charge in [0.2, 0.25) is 0 Å².